The molecule has 1 saturated carbocycles. The van der Waals surface area contributed by atoms with Gasteiger partial charge in [0.2, 0.25) is 17.7 Å². The number of hydrogen-bond donors (Lipinski definition) is 1. The van der Waals surface area contributed by atoms with E-state index in [0.29, 0.717) is 17.0 Å². The summed E-state index contributed by atoms with van der Waals surface area (Å²) in [6.07, 6.45) is 2.19. The van der Waals surface area contributed by atoms with Gasteiger partial charge < -0.3 is 14.6 Å². The lowest BCUT2D eigenvalue weighted by molar-refractivity contribution is -0.132. The summed E-state index contributed by atoms with van der Waals surface area (Å²) in [6.45, 7) is 0.0487. The van der Waals surface area contributed by atoms with Gasteiger partial charge in [-0.1, -0.05) is 11.8 Å². The minimum Gasteiger partial charge on any atom is -0.416 e. The monoisotopic (exact) mass is 284 g/mol. The number of nitrogens with zero attached hydrogens (tertiary/aromatic N) is 3. The van der Waals surface area contributed by atoms with Crippen LogP contribution in [0.5, 0.6) is 0 Å². The number of carbonyl (C=O) groups is 2. The molecule has 1 aromatic heterocycles. The molecule has 19 heavy (non-hydrogen) atoms. The molecule has 0 radical (unpaired) electrons. The molecule has 0 saturated heterocycles. The van der Waals surface area contributed by atoms with Crippen molar-refractivity contribution in [2.24, 2.45) is 0 Å². The van der Waals surface area contributed by atoms with Crippen molar-refractivity contribution in [2.45, 2.75) is 24.0 Å². The van der Waals surface area contributed by atoms with E-state index in [1.165, 1.54) is 23.7 Å². The largest absolute Gasteiger partial charge is 0.416 e. The smallest absolute Gasteiger partial charge is 0.277 e. The third-order valence-electron chi connectivity index (χ3n) is 2.75. The quantitative estimate of drug-likeness (QED) is 0.753. The van der Waals surface area contributed by atoms with Gasteiger partial charge in [-0.3, -0.25) is 9.59 Å². The van der Waals surface area contributed by atoms with Gasteiger partial charge in [-0.2, -0.15) is 0 Å². The minimum atomic E-state index is -0.199. The van der Waals surface area contributed by atoms with E-state index >= 15 is 0 Å². The fourth-order valence-corrected chi connectivity index (χ4v) is 2.10. The van der Waals surface area contributed by atoms with Gasteiger partial charge in [0.05, 0.1) is 12.3 Å². The van der Waals surface area contributed by atoms with E-state index in [9.17, 15) is 9.59 Å². The number of thioether (sulfide) groups is 1. The molecule has 0 atom stereocenters. The number of hydrogen-bond acceptors (Lipinski definition) is 6. The van der Waals surface area contributed by atoms with Crippen LogP contribution < -0.4 is 5.32 Å². The first-order valence-corrected chi connectivity index (χ1v) is 6.99. The van der Waals surface area contributed by atoms with E-state index in [4.69, 9.17) is 4.42 Å². The molecule has 1 aromatic rings. The lowest BCUT2D eigenvalue weighted by Gasteiger charge is -2.14. The second-order valence-corrected chi connectivity index (χ2v) is 5.32. The SMILES string of the molecule is CNC(=O)CN(C)C(=O)CSc1nnc(C2CC2)o1. The van der Waals surface area contributed by atoms with Crippen molar-refractivity contribution in [3.05, 3.63) is 5.89 Å². The standard InChI is InChI=1S/C11H16N4O3S/c1-12-8(16)5-15(2)9(17)6-19-11-14-13-10(18-11)7-3-4-7/h7H,3-6H2,1-2H3,(H,12,16). The molecule has 1 aliphatic carbocycles. The highest BCUT2D eigenvalue weighted by Crippen LogP contribution is 2.39. The molecule has 104 valence electrons. The molecule has 0 aromatic carbocycles. The molecule has 0 aliphatic heterocycles. The van der Waals surface area contributed by atoms with Gasteiger partial charge in [0.1, 0.15) is 0 Å². The molecule has 7 nitrogen and oxygen atoms in total. The highest BCUT2D eigenvalue weighted by molar-refractivity contribution is 7.99. The Morgan fingerprint density at radius 2 is 2.21 bits per heavy atom. The predicted molar refractivity (Wildman–Crippen MR) is 68.7 cm³/mol. The highest BCUT2D eigenvalue weighted by atomic mass is 32.2. The molecule has 0 unspecified atom stereocenters. The number of nitrogens with one attached hydrogen (secondary N) is 1. The topological polar surface area (TPSA) is 88.3 Å². The van der Waals surface area contributed by atoms with E-state index in [-0.39, 0.29) is 24.1 Å². The van der Waals surface area contributed by atoms with Crippen molar-refractivity contribution in [3.8, 4) is 0 Å². The van der Waals surface area contributed by atoms with Gasteiger partial charge in [-0.15, -0.1) is 10.2 Å². The van der Waals surface area contributed by atoms with Gasteiger partial charge >= 0.3 is 0 Å². The zero-order valence-corrected chi connectivity index (χ0v) is 11.7. The maximum absolute atomic E-state index is 11.8. The molecule has 1 heterocycles. The van der Waals surface area contributed by atoms with Crippen LogP contribution in [0.15, 0.2) is 9.64 Å². The Hall–Kier alpha value is -1.57. The summed E-state index contributed by atoms with van der Waals surface area (Å²) < 4.78 is 5.43. The highest BCUT2D eigenvalue weighted by Gasteiger charge is 2.29. The van der Waals surface area contributed by atoms with Gasteiger partial charge in [-0.05, 0) is 12.8 Å². The first-order chi connectivity index (χ1) is 9.10. The number of aromatic nitrogens is 2. The molecule has 2 amide bonds. The maximum atomic E-state index is 11.8. The molecule has 1 aliphatic rings. The summed E-state index contributed by atoms with van der Waals surface area (Å²) in [5, 5.41) is 10.7. The van der Waals surface area contributed by atoms with Crippen molar-refractivity contribution in [1.82, 2.24) is 20.4 Å². The lowest BCUT2D eigenvalue weighted by atomic mass is 10.4. The lowest BCUT2D eigenvalue weighted by Crippen LogP contribution is -2.37. The molecule has 0 spiro atoms. The number of rotatable bonds is 6. The number of carbonyl (C=O) groups excluding carboxylic acids is 2. The molecule has 2 rings (SSSR count). The Kier molecular flexibility index (Phi) is 4.41. The third kappa shape index (κ3) is 3.95. The molecule has 1 N–H and O–H groups in total. The van der Waals surface area contributed by atoms with Crippen molar-refractivity contribution in [3.63, 3.8) is 0 Å². The van der Waals surface area contributed by atoms with Gasteiger partial charge in [0, 0.05) is 20.0 Å². The Morgan fingerprint density at radius 3 is 2.84 bits per heavy atom. The average Bonchev–Trinajstić information content (AvgIpc) is 3.15. The van der Waals surface area contributed by atoms with Crippen LogP contribution in [0.1, 0.15) is 24.7 Å². The van der Waals surface area contributed by atoms with Crippen molar-refractivity contribution in [1.29, 1.82) is 0 Å². The van der Waals surface area contributed by atoms with E-state index in [1.54, 1.807) is 7.05 Å². The number of amides is 2. The molecule has 1 fully saturated rings. The van der Waals surface area contributed by atoms with Crippen molar-refractivity contribution >= 4 is 23.6 Å². The van der Waals surface area contributed by atoms with E-state index in [0.717, 1.165) is 12.8 Å². The molecular formula is C11H16N4O3S. The van der Waals surface area contributed by atoms with E-state index in [2.05, 4.69) is 15.5 Å². The fraction of sp³-hybridized carbons (Fsp3) is 0.636. The molecule has 8 heteroatoms. The van der Waals surface area contributed by atoms with Crippen LogP contribution in [0, 0.1) is 0 Å². The van der Waals surface area contributed by atoms with Crippen LogP contribution in [-0.4, -0.2) is 53.3 Å². The van der Waals surface area contributed by atoms with E-state index < -0.39 is 0 Å². The van der Waals surface area contributed by atoms with Gasteiger partial charge in [0.15, 0.2) is 0 Å². The first kappa shape index (κ1) is 13.9. The minimum absolute atomic E-state index is 0.0487. The van der Waals surface area contributed by atoms with Crippen LogP contribution in [0.25, 0.3) is 0 Å². The van der Waals surface area contributed by atoms with Crippen molar-refractivity contribution < 1.29 is 14.0 Å². The molecular weight excluding hydrogens is 268 g/mol. The Morgan fingerprint density at radius 1 is 1.47 bits per heavy atom. The van der Waals surface area contributed by atoms with E-state index in [1.807, 2.05) is 0 Å². The predicted octanol–water partition coefficient (Wildman–Crippen LogP) is 0.244. The second kappa shape index (κ2) is 6.05. The summed E-state index contributed by atoms with van der Waals surface area (Å²) in [4.78, 5) is 24.3. The zero-order chi connectivity index (χ0) is 13.8. The normalized spacial score (nSPS) is 14.2. The average molecular weight is 284 g/mol. The van der Waals surface area contributed by atoms with Gasteiger partial charge in [0.25, 0.3) is 5.22 Å². The second-order valence-electron chi connectivity index (χ2n) is 4.39. The maximum Gasteiger partial charge on any atom is 0.277 e. The summed E-state index contributed by atoms with van der Waals surface area (Å²) in [5.74, 6) is 0.899. The summed E-state index contributed by atoms with van der Waals surface area (Å²) in [5.41, 5.74) is 0. The summed E-state index contributed by atoms with van der Waals surface area (Å²) in [7, 11) is 3.12. The van der Waals surface area contributed by atoms with Gasteiger partial charge in [-0.25, -0.2) is 0 Å². The third-order valence-corrected chi connectivity index (χ3v) is 3.56. The van der Waals surface area contributed by atoms with Crippen LogP contribution in [-0.2, 0) is 9.59 Å². The summed E-state index contributed by atoms with van der Waals surface area (Å²) >= 11 is 1.19. The Bertz CT molecular complexity index is 472. The first-order valence-electron chi connectivity index (χ1n) is 6.01. The Balaban J connectivity index is 1.77. The molecule has 0 bridgehead atoms. The zero-order valence-electron chi connectivity index (χ0n) is 10.9. The Labute approximate surface area is 115 Å². The fourth-order valence-electron chi connectivity index (χ4n) is 1.39. The van der Waals surface area contributed by atoms with Crippen LogP contribution in [0.4, 0.5) is 0 Å². The van der Waals surface area contributed by atoms with Crippen LogP contribution in [0.3, 0.4) is 0 Å². The van der Waals surface area contributed by atoms with Crippen LogP contribution >= 0.6 is 11.8 Å². The van der Waals surface area contributed by atoms with Crippen molar-refractivity contribution in [2.75, 3.05) is 26.4 Å². The number of likely N-dealkylation sites (N-methyl/N-ethyl adjacent to an activating group) is 2. The van der Waals surface area contributed by atoms with Crippen LogP contribution in [0.2, 0.25) is 0 Å². The summed E-state index contributed by atoms with van der Waals surface area (Å²) in [6, 6.07) is 0.